The maximum absolute atomic E-state index is 6.17. The Morgan fingerprint density at radius 3 is 2.79 bits per heavy atom. The van der Waals surface area contributed by atoms with Crippen LogP contribution in [0.5, 0.6) is 0 Å². The molecule has 3 aromatic heterocycles. The number of hydrogen-bond donors (Lipinski definition) is 3. The second kappa shape index (κ2) is 6.97. The predicted octanol–water partition coefficient (Wildman–Crippen LogP) is 3.11. The molecule has 1 aliphatic rings. The average Bonchev–Trinajstić information content (AvgIpc) is 3.37. The van der Waals surface area contributed by atoms with Crippen molar-refractivity contribution in [2.24, 2.45) is 0 Å². The van der Waals surface area contributed by atoms with E-state index < -0.39 is 0 Å². The van der Waals surface area contributed by atoms with Crippen LogP contribution in [-0.4, -0.2) is 55.2 Å². The molecule has 0 atom stereocenters. The quantitative estimate of drug-likeness (QED) is 0.497. The highest BCUT2D eigenvalue weighted by atomic mass is 15.1. The molecule has 4 aromatic rings. The summed E-state index contributed by atoms with van der Waals surface area (Å²) in [5.74, 6) is 1.41. The number of nitrogens with two attached hydrogens (primary N) is 1. The van der Waals surface area contributed by atoms with Gasteiger partial charge >= 0.3 is 0 Å². The van der Waals surface area contributed by atoms with Gasteiger partial charge in [0, 0.05) is 17.7 Å². The van der Waals surface area contributed by atoms with Crippen LogP contribution >= 0.6 is 0 Å². The zero-order valence-electron chi connectivity index (χ0n) is 16.6. The van der Waals surface area contributed by atoms with Crippen molar-refractivity contribution in [3.63, 3.8) is 0 Å². The normalized spacial score (nSPS) is 15.9. The van der Waals surface area contributed by atoms with E-state index in [0.29, 0.717) is 23.3 Å². The predicted molar refractivity (Wildman–Crippen MR) is 113 cm³/mol. The van der Waals surface area contributed by atoms with Gasteiger partial charge in [0.1, 0.15) is 5.69 Å². The lowest BCUT2D eigenvalue weighted by Crippen LogP contribution is -2.29. The Balaban J connectivity index is 1.55. The number of H-pyrrole nitrogens is 2. The van der Waals surface area contributed by atoms with Crippen LogP contribution in [0, 0.1) is 6.92 Å². The number of aromatic nitrogens is 6. The van der Waals surface area contributed by atoms with E-state index in [-0.39, 0.29) is 0 Å². The smallest absolute Gasteiger partial charge is 0.161 e. The Kier molecular flexibility index (Phi) is 4.28. The monoisotopic (exact) mass is 388 g/mol. The molecular formula is C21H24N8. The molecule has 1 saturated heterocycles. The summed E-state index contributed by atoms with van der Waals surface area (Å²) in [6.45, 7) is 4.19. The van der Waals surface area contributed by atoms with E-state index in [9.17, 15) is 0 Å². The van der Waals surface area contributed by atoms with Gasteiger partial charge < -0.3 is 15.6 Å². The SMILES string of the molecule is Cc1cccc2[nH]c(-c3nc(-c4c[nH]nc4C4CCN(C)CC4)cnc3N)nc12. The Bertz CT molecular complexity index is 1170. The number of piperidine rings is 1. The zero-order valence-corrected chi connectivity index (χ0v) is 16.6. The minimum atomic E-state index is 0.356. The van der Waals surface area contributed by atoms with Gasteiger partial charge in [-0.25, -0.2) is 15.0 Å². The molecule has 29 heavy (non-hydrogen) atoms. The van der Waals surface area contributed by atoms with Crippen molar-refractivity contribution in [2.45, 2.75) is 25.7 Å². The molecule has 5 rings (SSSR count). The summed E-state index contributed by atoms with van der Waals surface area (Å²) < 4.78 is 0. The third-order valence-electron chi connectivity index (χ3n) is 5.79. The molecule has 0 bridgehead atoms. The fraction of sp³-hybridized carbons (Fsp3) is 0.333. The van der Waals surface area contributed by atoms with E-state index >= 15 is 0 Å². The minimum absolute atomic E-state index is 0.356. The van der Waals surface area contributed by atoms with E-state index in [1.807, 2.05) is 31.3 Å². The number of benzene rings is 1. The summed E-state index contributed by atoms with van der Waals surface area (Å²) in [7, 11) is 2.16. The standard InChI is InChI=1S/C21H24N8/c1-12-4-3-5-15-17(12)27-21(26-15)19-20(22)23-11-16(25-19)14-10-24-28-18(14)13-6-8-29(2)9-7-13/h3-5,10-11,13H,6-9H2,1-2H3,(H2,22,23)(H,24,28)(H,26,27). The molecule has 0 aliphatic carbocycles. The van der Waals surface area contributed by atoms with Crippen molar-refractivity contribution in [1.82, 2.24) is 35.0 Å². The van der Waals surface area contributed by atoms with Crippen LogP contribution in [0.15, 0.2) is 30.6 Å². The first-order chi connectivity index (χ1) is 14.1. The largest absolute Gasteiger partial charge is 0.382 e. The lowest BCUT2D eigenvalue weighted by atomic mass is 9.91. The van der Waals surface area contributed by atoms with Gasteiger partial charge in [-0.1, -0.05) is 12.1 Å². The first-order valence-electron chi connectivity index (χ1n) is 9.91. The van der Waals surface area contributed by atoms with Gasteiger partial charge in [0.15, 0.2) is 11.6 Å². The van der Waals surface area contributed by atoms with Gasteiger partial charge in [-0.15, -0.1) is 0 Å². The van der Waals surface area contributed by atoms with E-state index in [1.54, 1.807) is 6.20 Å². The van der Waals surface area contributed by atoms with Crippen molar-refractivity contribution in [1.29, 1.82) is 0 Å². The number of aryl methyl sites for hydroxylation is 1. The fourth-order valence-corrected chi connectivity index (χ4v) is 4.09. The molecule has 4 N–H and O–H groups in total. The number of aromatic amines is 2. The molecule has 4 heterocycles. The molecule has 0 radical (unpaired) electrons. The third kappa shape index (κ3) is 3.15. The van der Waals surface area contributed by atoms with E-state index in [0.717, 1.165) is 59.5 Å². The van der Waals surface area contributed by atoms with Crippen LogP contribution in [-0.2, 0) is 0 Å². The van der Waals surface area contributed by atoms with Crippen molar-refractivity contribution >= 4 is 16.9 Å². The Labute approximate surface area is 168 Å². The fourth-order valence-electron chi connectivity index (χ4n) is 4.09. The lowest BCUT2D eigenvalue weighted by molar-refractivity contribution is 0.253. The second-order valence-corrected chi connectivity index (χ2v) is 7.81. The summed E-state index contributed by atoms with van der Waals surface area (Å²) in [6.07, 6.45) is 5.80. The van der Waals surface area contributed by atoms with Crippen LogP contribution in [0.25, 0.3) is 33.8 Å². The number of imidazole rings is 1. The first kappa shape index (κ1) is 17.8. The molecule has 0 unspecified atom stereocenters. The Hall–Kier alpha value is -3.26. The number of nitrogens with zero attached hydrogens (tertiary/aromatic N) is 5. The number of nitrogens with one attached hydrogen (secondary N) is 2. The molecule has 1 fully saturated rings. The maximum Gasteiger partial charge on any atom is 0.161 e. The highest BCUT2D eigenvalue weighted by Crippen LogP contribution is 2.34. The summed E-state index contributed by atoms with van der Waals surface area (Å²) in [5, 5.41) is 7.57. The summed E-state index contributed by atoms with van der Waals surface area (Å²) in [5.41, 5.74) is 12.5. The van der Waals surface area contributed by atoms with Crippen molar-refractivity contribution in [3.05, 3.63) is 41.9 Å². The van der Waals surface area contributed by atoms with Crippen LogP contribution in [0.3, 0.4) is 0 Å². The Morgan fingerprint density at radius 2 is 2.00 bits per heavy atom. The van der Waals surface area contributed by atoms with Crippen LogP contribution in [0.4, 0.5) is 5.82 Å². The van der Waals surface area contributed by atoms with Crippen molar-refractivity contribution in [3.8, 4) is 22.8 Å². The number of fused-ring (bicyclic) bond motifs is 1. The number of hydrogen-bond acceptors (Lipinski definition) is 6. The van der Waals surface area contributed by atoms with Gasteiger partial charge in [0.2, 0.25) is 0 Å². The molecule has 1 aromatic carbocycles. The molecule has 0 amide bonds. The number of nitrogen functional groups attached to an aromatic ring is 1. The number of rotatable bonds is 3. The van der Waals surface area contributed by atoms with E-state index in [1.165, 1.54) is 0 Å². The Morgan fingerprint density at radius 1 is 1.17 bits per heavy atom. The summed E-state index contributed by atoms with van der Waals surface area (Å²) >= 11 is 0. The number of para-hydroxylation sites is 1. The topological polar surface area (TPSA) is 112 Å². The van der Waals surface area contributed by atoms with E-state index in [4.69, 9.17) is 15.7 Å². The first-order valence-corrected chi connectivity index (χ1v) is 9.91. The molecule has 8 nitrogen and oxygen atoms in total. The average molecular weight is 388 g/mol. The molecule has 148 valence electrons. The summed E-state index contributed by atoms with van der Waals surface area (Å²) in [6, 6.07) is 6.04. The molecule has 1 aliphatic heterocycles. The molecule has 8 heteroatoms. The van der Waals surface area contributed by atoms with Gasteiger partial charge in [0.25, 0.3) is 0 Å². The minimum Gasteiger partial charge on any atom is -0.382 e. The maximum atomic E-state index is 6.17. The second-order valence-electron chi connectivity index (χ2n) is 7.81. The zero-order chi connectivity index (χ0) is 20.0. The third-order valence-corrected chi connectivity index (χ3v) is 5.79. The van der Waals surface area contributed by atoms with Crippen LogP contribution in [0.2, 0.25) is 0 Å². The van der Waals surface area contributed by atoms with Gasteiger partial charge in [0.05, 0.1) is 28.6 Å². The number of anilines is 1. The van der Waals surface area contributed by atoms with Gasteiger partial charge in [-0.3, -0.25) is 5.10 Å². The summed E-state index contributed by atoms with van der Waals surface area (Å²) in [4.78, 5) is 19.6. The van der Waals surface area contributed by atoms with Crippen LogP contribution in [0.1, 0.15) is 30.0 Å². The molecular weight excluding hydrogens is 364 g/mol. The van der Waals surface area contributed by atoms with Crippen LogP contribution < -0.4 is 5.73 Å². The number of likely N-dealkylation sites (tertiary alicyclic amines) is 1. The highest BCUT2D eigenvalue weighted by Gasteiger charge is 2.24. The van der Waals surface area contributed by atoms with Crippen molar-refractivity contribution < 1.29 is 0 Å². The van der Waals surface area contributed by atoms with Gasteiger partial charge in [-0.2, -0.15) is 5.10 Å². The molecule has 0 saturated carbocycles. The highest BCUT2D eigenvalue weighted by molar-refractivity contribution is 5.83. The lowest BCUT2D eigenvalue weighted by Gasteiger charge is -2.28. The van der Waals surface area contributed by atoms with E-state index in [2.05, 4.69) is 32.1 Å². The molecule has 0 spiro atoms. The van der Waals surface area contributed by atoms with Gasteiger partial charge in [-0.05, 0) is 51.5 Å². The van der Waals surface area contributed by atoms with Crippen molar-refractivity contribution in [2.75, 3.05) is 25.9 Å².